The third kappa shape index (κ3) is 2.01. The molecule has 0 aliphatic heterocycles. The van der Waals surface area contributed by atoms with E-state index in [1.165, 1.54) is 11.3 Å². The van der Waals surface area contributed by atoms with E-state index in [9.17, 15) is 9.59 Å². The summed E-state index contributed by atoms with van der Waals surface area (Å²) in [5.41, 5.74) is 0. The van der Waals surface area contributed by atoms with Crippen LogP contribution in [0.5, 0.6) is 0 Å². The van der Waals surface area contributed by atoms with Crippen LogP contribution in [-0.2, 0) is 4.79 Å². The van der Waals surface area contributed by atoms with Gasteiger partial charge in [-0.1, -0.05) is 0 Å². The standard InChI is InChI=1S/C9H9NO2S/c11-7(6-1-2-6)5-8(12)9-10-3-4-13-9/h3-4,6H,1-2,5H2. The zero-order valence-electron chi connectivity index (χ0n) is 7.03. The van der Waals surface area contributed by atoms with Crippen LogP contribution < -0.4 is 0 Å². The average Bonchev–Trinajstić information content (AvgIpc) is 2.81. The van der Waals surface area contributed by atoms with Crippen molar-refractivity contribution in [3.63, 3.8) is 0 Å². The van der Waals surface area contributed by atoms with Crippen molar-refractivity contribution in [3.05, 3.63) is 16.6 Å². The lowest BCUT2D eigenvalue weighted by Gasteiger charge is -1.94. The van der Waals surface area contributed by atoms with Gasteiger partial charge in [-0.2, -0.15) is 0 Å². The molecule has 1 fully saturated rings. The summed E-state index contributed by atoms with van der Waals surface area (Å²) in [4.78, 5) is 26.5. The summed E-state index contributed by atoms with van der Waals surface area (Å²) in [6.45, 7) is 0. The third-order valence-corrected chi connectivity index (χ3v) is 2.85. The molecule has 13 heavy (non-hydrogen) atoms. The highest BCUT2D eigenvalue weighted by molar-refractivity contribution is 7.11. The van der Waals surface area contributed by atoms with Crippen LogP contribution >= 0.6 is 11.3 Å². The van der Waals surface area contributed by atoms with Gasteiger partial charge in [0.05, 0.1) is 6.42 Å². The van der Waals surface area contributed by atoms with Gasteiger partial charge in [-0.25, -0.2) is 4.98 Å². The minimum Gasteiger partial charge on any atom is -0.299 e. The van der Waals surface area contributed by atoms with Crippen molar-refractivity contribution in [1.29, 1.82) is 0 Å². The molecule has 0 saturated heterocycles. The van der Waals surface area contributed by atoms with Gasteiger partial charge < -0.3 is 0 Å². The van der Waals surface area contributed by atoms with E-state index < -0.39 is 0 Å². The van der Waals surface area contributed by atoms with Gasteiger partial charge in [-0.05, 0) is 12.8 Å². The number of Topliss-reactive ketones (excluding diaryl/α,β-unsaturated/α-hetero) is 2. The Balaban J connectivity index is 1.95. The van der Waals surface area contributed by atoms with Crippen LogP contribution in [0.2, 0.25) is 0 Å². The number of carbonyl (C=O) groups excluding carboxylic acids is 2. The molecule has 1 saturated carbocycles. The maximum absolute atomic E-state index is 11.4. The van der Waals surface area contributed by atoms with Crippen molar-refractivity contribution >= 4 is 22.9 Å². The van der Waals surface area contributed by atoms with Crippen LogP contribution in [0.3, 0.4) is 0 Å². The number of carbonyl (C=O) groups is 2. The van der Waals surface area contributed by atoms with Crippen LogP contribution in [0.15, 0.2) is 11.6 Å². The fourth-order valence-electron chi connectivity index (χ4n) is 1.14. The maximum atomic E-state index is 11.4. The molecule has 0 aromatic carbocycles. The highest BCUT2D eigenvalue weighted by Gasteiger charge is 2.31. The molecule has 1 aliphatic carbocycles. The first kappa shape index (κ1) is 8.56. The van der Waals surface area contributed by atoms with Gasteiger partial charge in [0.2, 0.25) is 0 Å². The summed E-state index contributed by atoms with van der Waals surface area (Å²) in [6.07, 6.45) is 3.55. The summed E-state index contributed by atoms with van der Waals surface area (Å²) in [7, 11) is 0. The second-order valence-electron chi connectivity index (χ2n) is 3.18. The Morgan fingerprint density at radius 3 is 2.85 bits per heavy atom. The average molecular weight is 195 g/mol. The SMILES string of the molecule is O=C(CC(=O)C1CC1)c1nccs1. The molecule has 1 aliphatic rings. The molecule has 0 spiro atoms. The maximum Gasteiger partial charge on any atom is 0.198 e. The van der Waals surface area contributed by atoms with E-state index in [2.05, 4.69) is 4.98 Å². The van der Waals surface area contributed by atoms with Crippen molar-refractivity contribution in [3.8, 4) is 0 Å². The van der Waals surface area contributed by atoms with Gasteiger partial charge in [0.15, 0.2) is 10.8 Å². The largest absolute Gasteiger partial charge is 0.299 e. The zero-order valence-corrected chi connectivity index (χ0v) is 7.84. The minimum absolute atomic E-state index is 0.0399. The van der Waals surface area contributed by atoms with Gasteiger partial charge in [-0.3, -0.25) is 9.59 Å². The number of rotatable bonds is 4. The van der Waals surface area contributed by atoms with Gasteiger partial charge in [-0.15, -0.1) is 11.3 Å². The number of nitrogens with zero attached hydrogens (tertiary/aromatic N) is 1. The van der Waals surface area contributed by atoms with E-state index in [0.29, 0.717) is 5.01 Å². The van der Waals surface area contributed by atoms with Crippen molar-refractivity contribution in [2.45, 2.75) is 19.3 Å². The number of hydrogen-bond acceptors (Lipinski definition) is 4. The van der Waals surface area contributed by atoms with Crippen molar-refractivity contribution in [2.75, 3.05) is 0 Å². The third-order valence-electron chi connectivity index (χ3n) is 2.04. The van der Waals surface area contributed by atoms with Gasteiger partial charge in [0.1, 0.15) is 5.78 Å². The molecule has 0 amide bonds. The fraction of sp³-hybridized carbons (Fsp3) is 0.444. The summed E-state index contributed by atoms with van der Waals surface area (Å²) < 4.78 is 0. The molecular formula is C9H9NO2S. The lowest BCUT2D eigenvalue weighted by Crippen LogP contribution is -2.09. The number of aromatic nitrogens is 1. The first-order chi connectivity index (χ1) is 6.27. The fourth-order valence-corrected chi connectivity index (χ4v) is 1.72. The first-order valence-corrected chi connectivity index (χ1v) is 5.11. The molecule has 1 aromatic heterocycles. The second kappa shape index (κ2) is 3.38. The van der Waals surface area contributed by atoms with E-state index in [0.717, 1.165) is 12.8 Å². The Labute approximate surface area is 79.8 Å². The Hall–Kier alpha value is -1.03. The van der Waals surface area contributed by atoms with Crippen molar-refractivity contribution in [1.82, 2.24) is 4.98 Å². The molecule has 2 rings (SSSR count). The predicted molar refractivity (Wildman–Crippen MR) is 48.8 cm³/mol. The van der Waals surface area contributed by atoms with E-state index in [1.807, 2.05) is 0 Å². The molecule has 4 heteroatoms. The monoisotopic (exact) mass is 195 g/mol. The molecule has 0 bridgehead atoms. The molecule has 68 valence electrons. The van der Waals surface area contributed by atoms with Crippen LogP contribution in [-0.4, -0.2) is 16.6 Å². The zero-order chi connectivity index (χ0) is 9.26. The Bertz CT molecular complexity index is 327. The summed E-state index contributed by atoms with van der Waals surface area (Å²) >= 11 is 1.29. The van der Waals surface area contributed by atoms with Gasteiger partial charge >= 0.3 is 0 Å². The Morgan fingerprint density at radius 2 is 2.31 bits per heavy atom. The highest BCUT2D eigenvalue weighted by Crippen LogP contribution is 2.31. The molecule has 3 nitrogen and oxygen atoms in total. The van der Waals surface area contributed by atoms with Crippen LogP contribution in [0.1, 0.15) is 29.1 Å². The number of hydrogen-bond donors (Lipinski definition) is 0. The topological polar surface area (TPSA) is 47.0 Å². The Morgan fingerprint density at radius 1 is 1.54 bits per heavy atom. The number of thiazole rings is 1. The molecule has 1 heterocycles. The summed E-state index contributed by atoms with van der Waals surface area (Å²) in [5.74, 6) is 0.121. The molecule has 1 aromatic rings. The lowest BCUT2D eigenvalue weighted by atomic mass is 10.1. The smallest absolute Gasteiger partial charge is 0.198 e. The molecular weight excluding hydrogens is 186 g/mol. The van der Waals surface area contributed by atoms with Gasteiger partial charge in [0.25, 0.3) is 0 Å². The quantitative estimate of drug-likeness (QED) is 0.542. The predicted octanol–water partition coefficient (Wildman–Crippen LogP) is 1.70. The molecule has 0 unspecified atom stereocenters. The van der Waals surface area contributed by atoms with E-state index >= 15 is 0 Å². The second-order valence-corrected chi connectivity index (χ2v) is 4.07. The minimum atomic E-state index is -0.132. The van der Waals surface area contributed by atoms with Crippen molar-refractivity contribution in [2.24, 2.45) is 5.92 Å². The van der Waals surface area contributed by atoms with Crippen LogP contribution in [0.4, 0.5) is 0 Å². The normalized spacial score (nSPS) is 15.7. The summed E-state index contributed by atoms with van der Waals surface area (Å²) in [6, 6.07) is 0. The van der Waals surface area contributed by atoms with Gasteiger partial charge in [0, 0.05) is 17.5 Å². The van der Waals surface area contributed by atoms with E-state index in [4.69, 9.17) is 0 Å². The van der Waals surface area contributed by atoms with Crippen LogP contribution in [0.25, 0.3) is 0 Å². The molecule has 0 radical (unpaired) electrons. The van der Waals surface area contributed by atoms with E-state index in [1.54, 1.807) is 11.6 Å². The number of ketones is 2. The lowest BCUT2D eigenvalue weighted by molar-refractivity contribution is -0.119. The van der Waals surface area contributed by atoms with Crippen molar-refractivity contribution < 1.29 is 9.59 Å². The highest BCUT2D eigenvalue weighted by atomic mass is 32.1. The molecule has 0 atom stereocenters. The van der Waals surface area contributed by atoms with E-state index in [-0.39, 0.29) is 23.9 Å². The Kier molecular flexibility index (Phi) is 2.22. The first-order valence-electron chi connectivity index (χ1n) is 4.23. The molecule has 0 N–H and O–H groups in total. The summed E-state index contributed by atoms with van der Waals surface area (Å²) in [5, 5.41) is 2.20. The van der Waals surface area contributed by atoms with Crippen LogP contribution in [0, 0.1) is 5.92 Å².